The molecule has 0 aliphatic carbocycles. The Morgan fingerprint density at radius 3 is 2.55 bits per heavy atom. The van der Waals surface area contributed by atoms with Gasteiger partial charge in [-0.2, -0.15) is 0 Å². The summed E-state index contributed by atoms with van der Waals surface area (Å²) in [5, 5.41) is 2.67. The lowest BCUT2D eigenvalue weighted by molar-refractivity contribution is 0.102. The SMILES string of the molecule is COc1ccc(NC(=O)c2ccccc2NS(=O)(=O)c2ccc3[nH]c(=O)[nH]c3c2)cn1. The zero-order valence-electron chi connectivity index (χ0n) is 16.2. The van der Waals surface area contributed by atoms with Crippen molar-refractivity contribution in [1.82, 2.24) is 15.0 Å². The fraction of sp³-hybridized carbons (Fsp3) is 0.0500. The minimum Gasteiger partial charge on any atom is -0.481 e. The van der Waals surface area contributed by atoms with Crippen molar-refractivity contribution in [3.8, 4) is 5.88 Å². The van der Waals surface area contributed by atoms with Crippen LogP contribution >= 0.6 is 0 Å². The van der Waals surface area contributed by atoms with E-state index >= 15 is 0 Å². The Bertz CT molecular complexity index is 1420. The smallest absolute Gasteiger partial charge is 0.323 e. The van der Waals surface area contributed by atoms with E-state index in [2.05, 4.69) is 25.0 Å². The molecule has 2 aromatic heterocycles. The second-order valence-electron chi connectivity index (χ2n) is 6.48. The number of nitrogens with one attached hydrogen (secondary N) is 4. The van der Waals surface area contributed by atoms with E-state index in [-0.39, 0.29) is 16.1 Å². The fourth-order valence-corrected chi connectivity index (χ4v) is 4.03. The quantitative estimate of drug-likeness (QED) is 0.363. The van der Waals surface area contributed by atoms with Crippen LogP contribution in [0.1, 0.15) is 10.4 Å². The Hall–Kier alpha value is -4.12. The highest BCUT2D eigenvalue weighted by Gasteiger charge is 2.19. The van der Waals surface area contributed by atoms with Crippen molar-refractivity contribution in [3.05, 3.63) is 76.8 Å². The molecule has 4 N–H and O–H groups in total. The number of hydrogen-bond donors (Lipinski definition) is 4. The van der Waals surface area contributed by atoms with Gasteiger partial charge in [-0.15, -0.1) is 0 Å². The summed E-state index contributed by atoms with van der Waals surface area (Å²) in [7, 11) is -2.55. The van der Waals surface area contributed by atoms with Gasteiger partial charge in [0.1, 0.15) is 0 Å². The molecule has 1 amide bonds. The number of nitrogens with zero attached hydrogens (tertiary/aromatic N) is 1. The summed E-state index contributed by atoms with van der Waals surface area (Å²) in [4.78, 5) is 33.2. The molecule has 4 rings (SSSR count). The number of hydrogen-bond acceptors (Lipinski definition) is 6. The maximum Gasteiger partial charge on any atom is 0.323 e. The predicted octanol–water partition coefficient (Wildman–Crippen LogP) is 2.31. The van der Waals surface area contributed by atoms with Gasteiger partial charge >= 0.3 is 5.69 Å². The summed E-state index contributed by atoms with van der Waals surface area (Å²) in [5.41, 5.74) is 1.04. The van der Waals surface area contributed by atoms with Crippen LogP contribution in [0.3, 0.4) is 0 Å². The van der Waals surface area contributed by atoms with Crippen LogP contribution in [0.25, 0.3) is 11.0 Å². The third-order valence-corrected chi connectivity index (χ3v) is 5.78. The molecule has 0 aliphatic heterocycles. The largest absolute Gasteiger partial charge is 0.481 e. The Morgan fingerprint density at radius 1 is 1.03 bits per heavy atom. The number of rotatable bonds is 6. The molecule has 0 atom stereocenters. The first kappa shape index (κ1) is 20.2. The van der Waals surface area contributed by atoms with Crippen molar-refractivity contribution in [2.75, 3.05) is 17.1 Å². The molecule has 0 fully saturated rings. The fourth-order valence-electron chi connectivity index (χ4n) is 2.93. The number of H-pyrrole nitrogens is 2. The number of carbonyl (C=O) groups is 1. The number of para-hydroxylation sites is 1. The molecular formula is C20H17N5O5S. The topological polar surface area (TPSA) is 146 Å². The number of amides is 1. The van der Waals surface area contributed by atoms with Crippen LogP contribution in [0.2, 0.25) is 0 Å². The Morgan fingerprint density at radius 2 is 1.81 bits per heavy atom. The van der Waals surface area contributed by atoms with Crippen LogP contribution in [0.4, 0.5) is 11.4 Å². The van der Waals surface area contributed by atoms with E-state index in [1.54, 1.807) is 24.3 Å². The minimum atomic E-state index is -4.03. The third kappa shape index (κ3) is 4.26. The predicted molar refractivity (Wildman–Crippen MR) is 115 cm³/mol. The summed E-state index contributed by atoms with van der Waals surface area (Å²) < 4.78 is 33.2. The second-order valence-corrected chi connectivity index (χ2v) is 8.16. The highest BCUT2D eigenvalue weighted by molar-refractivity contribution is 7.92. The highest BCUT2D eigenvalue weighted by Crippen LogP contribution is 2.23. The number of sulfonamides is 1. The van der Waals surface area contributed by atoms with Crippen molar-refractivity contribution in [3.63, 3.8) is 0 Å². The van der Waals surface area contributed by atoms with Gasteiger partial charge in [-0.25, -0.2) is 18.2 Å². The average molecular weight is 439 g/mol. The van der Waals surface area contributed by atoms with E-state index < -0.39 is 21.6 Å². The zero-order chi connectivity index (χ0) is 22.0. The molecule has 31 heavy (non-hydrogen) atoms. The van der Waals surface area contributed by atoms with Crippen LogP contribution in [-0.2, 0) is 10.0 Å². The molecule has 2 aromatic carbocycles. The minimum absolute atomic E-state index is 0.0650. The molecule has 0 aliphatic rings. The normalized spacial score (nSPS) is 11.3. The summed E-state index contributed by atoms with van der Waals surface area (Å²) >= 11 is 0. The lowest BCUT2D eigenvalue weighted by Gasteiger charge is -2.13. The molecule has 0 saturated carbocycles. The van der Waals surface area contributed by atoms with Crippen molar-refractivity contribution in [2.45, 2.75) is 4.90 Å². The molecule has 0 saturated heterocycles. The van der Waals surface area contributed by atoms with E-state index in [0.717, 1.165) is 0 Å². The van der Waals surface area contributed by atoms with Crippen LogP contribution < -0.4 is 20.5 Å². The number of benzene rings is 2. The van der Waals surface area contributed by atoms with Crippen molar-refractivity contribution < 1.29 is 17.9 Å². The Labute approximate surface area is 176 Å². The maximum absolute atomic E-state index is 12.9. The number of aromatic amines is 2. The molecule has 0 unspecified atom stereocenters. The molecule has 4 aromatic rings. The van der Waals surface area contributed by atoms with Gasteiger partial charge in [0.15, 0.2) is 0 Å². The van der Waals surface area contributed by atoms with E-state index in [1.165, 1.54) is 43.6 Å². The van der Waals surface area contributed by atoms with Crippen LogP contribution in [0, 0.1) is 0 Å². The van der Waals surface area contributed by atoms with Crippen LogP contribution in [-0.4, -0.2) is 36.4 Å². The number of anilines is 2. The zero-order valence-corrected chi connectivity index (χ0v) is 17.0. The van der Waals surface area contributed by atoms with E-state index in [4.69, 9.17) is 4.74 Å². The van der Waals surface area contributed by atoms with E-state index in [1.807, 2.05) is 0 Å². The number of carbonyl (C=O) groups excluding carboxylic acids is 1. The standard InChI is InChI=1S/C20H17N5O5S/c1-30-18-9-6-12(11-21-18)22-19(26)14-4-2-3-5-15(14)25-31(28,29)13-7-8-16-17(10-13)24-20(27)23-16/h2-11,25H,1H3,(H,22,26)(H2,23,24,27). The Kier molecular flexibility index (Phi) is 5.17. The average Bonchev–Trinajstić information content (AvgIpc) is 3.13. The highest BCUT2D eigenvalue weighted by atomic mass is 32.2. The number of methoxy groups -OCH3 is 1. The number of ether oxygens (including phenoxy) is 1. The van der Waals surface area contributed by atoms with Gasteiger partial charge in [0.05, 0.1) is 46.2 Å². The summed E-state index contributed by atoms with van der Waals surface area (Å²) in [6, 6.07) is 13.6. The summed E-state index contributed by atoms with van der Waals surface area (Å²) in [6.45, 7) is 0. The third-order valence-electron chi connectivity index (χ3n) is 4.42. The van der Waals surface area contributed by atoms with Gasteiger partial charge < -0.3 is 20.0 Å². The van der Waals surface area contributed by atoms with Gasteiger partial charge in [0.2, 0.25) is 5.88 Å². The molecule has 158 valence electrons. The summed E-state index contributed by atoms with van der Waals surface area (Å²) in [6.07, 6.45) is 1.43. The number of aromatic nitrogens is 3. The first-order chi connectivity index (χ1) is 14.9. The molecule has 0 spiro atoms. The number of imidazole rings is 1. The molecular weight excluding hydrogens is 422 g/mol. The maximum atomic E-state index is 12.9. The van der Waals surface area contributed by atoms with E-state index in [0.29, 0.717) is 22.6 Å². The number of pyridine rings is 1. The second kappa shape index (κ2) is 7.95. The first-order valence-corrected chi connectivity index (χ1v) is 10.5. The lowest BCUT2D eigenvalue weighted by Crippen LogP contribution is -2.18. The summed E-state index contributed by atoms with van der Waals surface area (Å²) in [5.74, 6) is -0.123. The molecule has 2 heterocycles. The van der Waals surface area contributed by atoms with Crippen LogP contribution in [0.5, 0.6) is 5.88 Å². The van der Waals surface area contributed by atoms with Gasteiger partial charge in [0.25, 0.3) is 15.9 Å². The van der Waals surface area contributed by atoms with Crippen molar-refractivity contribution in [2.24, 2.45) is 0 Å². The van der Waals surface area contributed by atoms with Crippen molar-refractivity contribution >= 4 is 38.3 Å². The monoisotopic (exact) mass is 439 g/mol. The molecule has 0 radical (unpaired) electrons. The number of fused-ring (bicyclic) bond motifs is 1. The molecule has 0 bridgehead atoms. The Balaban J connectivity index is 1.60. The molecule has 11 heteroatoms. The van der Waals surface area contributed by atoms with Gasteiger partial charge in [-0.1, -0.05) is 12.1 Å². The van der Waals surface area contributed by atoms with Crippen LogP contribution in [0.15, 0.2) is 70.5 Å². The first-order valence-electron chi connectivity index (χ1n) is 9.01. The van der Waals surface area contributed by atoms with Gasteiger partial charge in [-0.3, -0.25) is 9.52 Å². The van der Waals surface area contributed by atoms with Gasteiger partial charge in [0, 0.05) is 6.07 Å². The van der Waals surface area contributed by atoms with E-state index in [9.17, 15) is 18.0 Å². The molecule has 10 nitrogen and oxygen atoms in total. The van der Waals surface area contributed by atoms with Gasteiger partial charge in [-0.05, 0) is 36.4 Å². The lowest BCUT2D eigenvalue weighted by atomic mass is 10.1. The van der Waals surface area contributed by atoms with Crippen molar-refractivity contribution in [1.29, 1.82) is 0 Å².